The minimum atomic E-state index is -0.418. The topological polar surface area (TPSA) is 75.4 Å². The van der Waals surface area contributed by atoms with Crippen LogP contribution in [0.3, 0.4) is 0 Å². The van der Waals surface area contributed by atoms with E-state index < -0.39 is 5.91 Å². The number of urea groups is 1. The largest absolute Gasteiger partial charge is 0.369 e. The summed E-state index contributed by atoms with van der Waals surface area (Å²) in [6.07, 6.45) is 1.05. The van der Waals surface area contributed by atoms with E-state index in [2.05, 4.69) is 19.2 Å². The average molecular weight is 291 g/mol. The Kier molecular flexibility index (Phi) is 6.21. The number of hydrogen-bond acceptors (Lipinski definition) is 2. The molecule has 1 rings (SSSR count). The lowest BCUT2D eigenvalue weighted by atomic mass is 10.0. The van der Waals surface area contributed by atoms with E-state index in [4.69, 9.17) is 5.73 Å². The van der Waals surface area contributed by atoms with Crippen LogP contribution >= 0.6 is 0 Å². The number of para-hydroxylation sites is 1. The van der Waals surface area contributed by atoms with Crippen LogP contribution < -0.4 is 11.1 Å². The molecule has 0 fully saturated rings. The van der Waals surface area contributed by atoms with E-state index in [-0.39, 0.29) is 18.5 Å². The summed E-state index contributed by atoms with van der Waals surface area (Å²) in [6.45, 7) is 6.28. The standard InChI is InChI=1S/C16H25N3O2/c1-11(2)9-12(3)19(4)16(21)18-14-8-6-5-7-13(14)10-15(17)20/h5-8,11-12H,9-10H2,1-4H3,(H2,17,20)(H,18,21)/t12-/m1/s1. The number of amides is 3. The molecule has 3 amide bonds. The van der Waals surface area contributed by atoms with Gasteiger partial charge in [-0.15, -0.1) is 0 Å². The highest BCUT2D eigenvalue weighted by Crippen LogP contribution is 2.17. The summed E-state index contributed by atoms with van der Waals surface area (Å²) in [4.78, 5) is 25.0. The Morgan fingerprint density at radius 2 is 1.86 bits per heavy atom. The van der Waals surface area contributed by atoms with Crippen molar-refractivity contribution in [2.75, 3.05) is 12.4 Å². The van der Waals surface area contributed by atoms with E-state index in [0.717, 1.165) is 12.0 Å². The second-order valence-electron chi connectivity index (χ2n) is 5.82. The molecule has 0 saturated carbocycles. The first-order chi connectivity index (χ1) is 9.81. The molecule has 0 radical (unpaired) electrons. The van der Waals surface area contributed by atoms with E-state index >= 15 is 0 Å². The van der Waals surface area contributed by atoms with Crippen LogP contribution in [0.4, 0.5) is 10.5 Å². The van der Waals surface area contributed by atoms with Gasteiger partial charge in [-0.2, -0.15) is 0 Å². The predicted octanol–water partition coefficient (Wildman–Crippen LogP) is 2.61. The van der Waals surface area contributed by atoms with Gasteiger partial charge in [0, 0.05) is 18.8 Å². The molecule has 1 aromatic carbocycles. The van der Waals surface area contributed by atoms with Gasteiger partial charge >= 0.3 is 6.03 Å². The van der Waals surface area contributed by atoms with Gasteiger partial charge in [0.05, 0.1) is 6.42 Å². The zero-order chi connectivity index (χ0) is 16.0. The minimum absolute atomic E-state index is 0.113. The summed E-state index contributed by atoms with van der Waals surface area (Å²) in [7, 11) is 1.78. The van der Waals surface area contributed by atoms with Gasteiger partial charge in [0.2, 0.25) is 5.91 Å². The Morgan fingerprint density at radius 1 is 1.24 bits per heavy atom. The normalized spacial score (nSPS) is 12.0. The van der Waals surface area contributed by atoms with Crippen molar-refractivity contribution in [1.29, 1.82) is 0 Å². The lowest BCUT2D eigenvalue weighted by Crippen LogP contribution is -2.39. The van der Waals surface area contributed by atoms with Crippen molar-refractivity contribution in [3.8, 4) is 0 Å². The SMILES string of the molecule is CC(C)C[C@@H](C)N(C)C(=O)Nc1ccccc1CC(N)=O. The second kappa shape index (κ2) is 7.67. The second-order valence-corrected chi connectivity index (χ2v) is 5.82. The highest BCUT2D eigenvalue weighted by Gasteiger charge is 2.17. The first kappa shape index (κ1) is 17.0. The third kappa shape index (κ3) is 5.45. The van der Waals surface area contributed by atoms with Crippen LogP contribution in [0.1, 0.15) is 32.8 Å². The number of nitrogens with two attached hydrogens (primary N) is 1. The molecule has 1 atom stereocenters. The molecule has 5 heteroatoms. The van der Waals surface area contributed by atoms with Crippen LogP contribution in [0.15, 0.2) is 24.3 Å². The Labute approximate surface area is 126 Å². The molecule has 3 N–H and O–H groups in total. The lowest BCUT2D eigenvalue weighted by molar-refractivity contribution is -0.117. The van der Waals surface area contributed by atoms with E-state index in [1.165, 1.54) is 0 Å². The minimum Gasteiger partial charge on any atom is -0.369 e. The van der Waals surface area contributed by atoms with Gasteiger partial charge in [-0.05, 0) is 30.9 Å². The quantitative estimate of drug-likeness (QED) is 0.845. The van der Waals surface area contributed by atoms with Crippen molar-refractivity contribution in [2.45, 2.75) is 39.7 Å². The molecule has 21 heavy (non-hydrogen) atoms. The first-order valence-corrected chi connectivity index (χ1v) is 7.21. The fraction of sp³-hybridized carbons (Fsp3) is 0.500. The maximum Gasteiger partial charge on any atom is 0.321 e. The highest BCUT2D eigenvalue weighted by atomic mass is 16.2. The summed E-state index contributed by atoms with van der Waals surface area (Å²) >= 11 is 0. The smallest absolute Gasteiger partial charge is 0.321 e. The third-order valence-electron chi connectivity index (χ3n) is 3.42. The van der Waals surface area contributed by atoms with Crippen molar-refractivity contribution in [2.24, 2.45) is 11.7 Å². The molecule has 116 valence electrons. The molecule has 0 aliphatic rings. The number of carbonyl (C=O) groups excluding carboxylic acids is 2. The lowest BCUT2D eigenvalue weighted by Gasteiger charge is -2.27. The van der Waals surface area contributed by atoms with Crippen LogP contribution in [0, 0.1) is 5.92 Å². The summed E-state index contributed by atoms with van der Waals surface area (Å²) in [6, 6.07) is 7.17. The third-order valence-corrected chi connectivity index (χ3v) is 3.42. The van der Waals surface area contributed by atoms with Crippen molar-refractivity contribution in [3.63, 3.8) is 0 Å². The number of benzene rings is 1. The van der Waals surface area contributed by atoms with Crippen LogP contribution in [0.5, 0.6) is 0 Å². The number of nitrogens with zero attached hydrogens (tertiary/aromatic N) is 1. The number of nitrogens with one attached hydrogen (secondary N) is 1. The zero-order valence-electron chi connectivity index (χ0n) is 13.2. The van der Waals surface area contributed by atoms with Gasteiger partial charge in [-0.3, -0.25) is 4.79 Å². The molecule has 0 aromatic heterocycles. The predicted molar refractivity (Wildman–Crippen MR) is 85.0 cm³/mol. The number of primary amides is 1. The van der Waals surface area contributed by atoms with Gasteiger partial charge in [-0.1, -0.05) is 32.0 Å². The van der Waals surface area contributed by atoms with Crippen LogP contribution in [0.2, 0.25) is 0 Å². The number of anilines is 1. The van der Waals surface area contributed by atoms with Gasteiger partial charge in [0.15, 0.2) is 0 Å². The maximum absolute atomic E-state index is 12.3. The summed E-state index contributed by atoms with van der Waals surface area (Å²) < 4.78 is 0. The molecule has 0 aliphatic carbocycles. The van der Waals surface area contributed by atoms with Crippen molar-refractivity contribution in [1.82, 2.24) is 4.90 Å². The molecule has 0 unspecified atom stereocenters. The summed E-state index contributed by atoms with van der Waals surface area (Å²) in [5.74, 6) is 0.107. The molecule has 0 aliphatic heterocycles. The van der Waals surface area contributed by atoms with Gasteiger partial charge in [0.1, 0.15) is 0 Å². The molecular weight excluding hydrogens is 266 g/mol. The Morgan fingerprint density at radius 3 is 2.43 bits per heavy atom. The van der Waals surface area contributed by atoms with E-state index in [0.29, 0.717) is 11.6 Å². The average Bonchev–Trinajstić information content (AvgIpc) is 2.38. The fourth-order valence-corrected chi connectivity index (χ4v) is 2.23. The number of hydrogen-bond donors (Lipinski definition) is 2. The molecule has 0 saturated heterocycles. The zero-order valence-corrected chi connectivity index (χ0v) is 13.2. The fourth-order valence-electron chi connectivity index (χ4n) is 2.23. The molecule has 5 nitrogen and oxygen atoms in total. The number of rotatable bonds is 6. The van der Waals surface area contributed by atoms with Crippen molar-refractivity contribution in [3.05, 3.63) is 29.8 Å². The van der Waals surface area contributed by atoms with Crippen molar-refractivity contribution >= 4 is 17.6 Å². The summed E-state index contributed by atoms with van der Waals surface area (Å²) in [5.41, 5.74) is 6.58. The molecule has 1 aromatic rings. The summed E-state index contributed by atoms with van der Waals surface area (Å²) in [5, 5.41) is 2.85. The Hall–Kier alpha value is -2.04. The van der Waals surface area contributed by atoms with Gasteiger partial charge in [-0.25, -0.2) is 4.79 Å². The first-order valence-electron chi connectivity index (χ1n) is 7.21. The van der Waals surface area contributed by atoms with Crippen LogP contribution in [0.25, 0.3) is 0 Å². The molecule has 0 heterocycles. The van der Waals surface area contributed by atoms with Crippen molar-refractivity contribution < 1.29 is 9.59 Å². The number of carbonyl (C=O) groups is 2. The molecular formula is C16H25N3O2. The molecule has 0 spiro atoms. The van der Waals surface area contributed by atoms with E-state index in [1.807, 2.05) is 19.1 Å². The van der Waals surface area contributed by atoms with Crippen LogP contribution in [-0.4, -0.2) is 29.9 Å². The Balaban J connectivity index is 2.76. The Bertz CT molecular complexity index is 500. The van der Waals surface area contributed by atoms with Gasteiger partial charge < -0.3 is 16.0 Å². The van der Waals surface area contributed by atoms with E-state index in [1.54, 1.807) is 24.1 Å². The van der Waals surface area contributed by atoms with Gasteiger partial charge in [0.25, 0.3) is 0 Å². The van der Waals surface area contributed by atoms with E-state index in [9.17, 15) is 9.59 Å². The maximum atomic E-state index is 12.3. The molecule has 0 bridgehead atoms. The monoisotopic (exact) mass is 291 g/mol. The highest BCUT2D eigenvalue weighted by molar-refractivity contribution is 5.91. The van der Waals surface area contributed by atoms with Crippen LogP contribution in [-0.2, 0) is 11.2 Å².